The highest BCUT2D eigenvalue weighted by Gasteiger charge is 2.49. The number of para-hydroxylation sites is 1. The Kier molecular flexibility index (Phi) is 8.24. The van der Waals surface area contributed by atoms with Gasteiger partial charge in [0.05, 0.1) is 29.2 Å². The Balaban J connectivity index is 1.14. The van der Waals surface area contributed by atoms with Gasteiger partial charge in [-0.05, 0) is 166 Å². The van der Waals surface area contributed by atoms with Crippen LogP contribution in [-0.2, 0) is 26.6 Å². The fourth-order valence-electron chi connectivity index (χ4n) is 12.5. The summed E-state index contributed by atoms with van der Waals surface area (Å²) in [5.74, 6) is 0.333. The van der Waals surface area contributed by atoms with Crippen LogP contribution in [-0.4, -0.2) is 13.3 Å². The molecule has 0 saturated heterocycles. The maximum atomic E-state index is 7.56. The third-order valence-electron chi connectivity index (χ3n) is 16.5. The Morgan fingerprint density at radius 1 is 0.552 bits per heavy atom. The summed E-state index contributed by atoms with van der Waals surface area (Å²) in [4.78, 5) is 5.06. The second-order valence-electron chi connectivity index (χ2n) is 23.1. The Labute approximate surface area is 394 Å². The number of aryl methyl sites for hydroxylation is 1. The van der Waals surface area contributed by atoms with Crippen molar-refractivity contribution in [3.63, 3.8) is 0 Å². The van der Waals surface area contributed by atoms with E-state index < -0.39 is 5.60 Å². The molecule has 0 spiro atoms. The minimum absolute atomic E-state index is 0.0265. The minimum atomic E-state index is -0.456. The molecular weight excluding hydrogens is 819 g/mol. The lowest BCUT2D eigenvalue weighted by molar-refractivity contribution is -0.0587. The molecule has 2 aromatic heterocycles. The minimum Gasteiger partial charge on any atom is -0.468 e. The van der Waals surface area contributed by atoms with Gasteiger partial charge in [0.1, 0.15) is 11.2 Å². The third-order valence-corrected chi connectivity index (χ3v) is 16.5. The van der Waals surface area contributed by atoms with Gasteiger partial charge in [-0.3, -0.25) is 0 Å². The van der Waals surface area contributed by atoms with Gasteiger partial charge in [0.2, 0.25) is 0 Å². The lowest BCUT2D eigenvalue weighted by Gasteiger charge is -2.44. The molecule has 0 amide bonds. The lowest BCUT2D eigenvalue weighted by atomic mass is 9.35. The molecular formula is C61H59BN2O3. The van der Waals surface area contributed by atoms with Gasteiger partial charge in [0.25, 0.3) is 6.71 Å². The molecule has 5 heterocycles. The number of furan rings is 2. The molecule has 9 aromatic rings. The molecule has 5 nitrogen and oxygen atoms in total. The molecule has 0 unspecified atom stereocenters. The summed E-state index contributed by atoms with van der Waals surface area (Å²) in [5.41, 5.74) is 20.3. The summed E-state index contributed by atoms with van der Waals surface area (Å²) in [6.45, 7) is 26.1. The fourth-order valence-corrected chi connectivity index (χ4v) is 12.5. The highest BCUT2D eigenvalue weighted by Crippen LogP contribution is 2.53. The molecule has 13 rings (SSSR count). The van der Waals surface area contributed by atoms with Gasteiger partial charge in [0, 0.05) is 44.3 Å². The Hall–Kier alpha value is -6.24. The maximum Gasteiger partial charge on any atom is 0.297 e. The first-order valence-corrected chi connectivity index (χ1v) is 24.5. The number of anilines is 6. The molecule has 0 atom stereocenters. The van der Waals surface area contributed by atoms with Crippen LogP contribution in [0, 0.1) is 6.92 Å². The predicted molar refractivity (Wildman–Crippen MR) is 281 cm³/mol. The van der Waals surface area contributed by atoms with Crippen LogP contribution in [0.15, 0.2) is 124 Å². The van der Waals surface area contributed by atoms with E-state index in [1.165, 1.54) is 66.2 Å². The van der Waals surface area contributed by atoms with E-state index in [1.54, 1.807) is 0 Å². The lowest BCUT2D eigenvalue weighted by Crippen LogP contribution is -2.61. The Morgan fingerprint density at radius 2 is 1.25 bits per heavy atom. The SMILES string of the molecule is Cc1cc2c3c(c1)N(c1cccc4c1oc1cc5ccccc5cc14)c1cc(C(C)C)ccc1B3c1oc3cc4c(cc3c1N2c1ccc2c(c1)C(C)(C)OCC2(C)C)C(C)(C)CCC4(C)C. The number of rotatable bonds is 3. The van der Waals surface area contributed by atoms with Gasteiger partial charge in [-0.15, -0.1) is 0 Å². The zero-order valence-corrected chi connectivity index (χ0v) is 40.9. The second kappa shape index (κ2) is 13.5. The molecule has 0 saturated carbocycles. The topological polar surface area (TPSA) is 42.0 Å². The number of hydrogen-bond donors (Lipinski definition) is 0. The first kappa shape index (κ1) is 41.0. The van der Waals surface area contributed by atoms with Crippen molar-refractivity contribution >= 4 is 101 Å². The van der Waals surface area contributed by atoms with Gasteiger partial charge in [-0.25, -0.2) is 0 Å². The van der Waals surface area contributed by atoms with Crippen LogP contribution in [0.3, 0.4) is 0 Å². The number of hydrogen-bond acceptors (Lipinski definition) is 5. The monoisotopic (exact) mass is 878 g/mol. The van der Waals surface area contributed by atoms with E-state index >= 15 is 0 Å². The second-order valence-corrected chi connectivity index (χ2v) is 23.1. The summed E-state index contributed by atoms with van der Waals surface area (Å²) in [5, 5.41) is 5.79. The Morgan fingerprint density at radius 3 is 2.00 bits per heavy atom. The van der Waals surface area contributed by atoms with Crippen molar-refractivity contribution in [2.75, 3.05) is 16.4 Å². The Bertz CT molecular complexity index is 3620. The van der Waals surface area contributed by atoms with Crippen LogP contribution in [0.4, 0.5) is 34.1 Å². The average molecular weight is 879 g/mol. The molecule has 0 N–H and O–H groups in total. The molecule has 6 heteroatoms. The van der Waals surface area contributed by atoms with E-state index in [1.807, 2.05) is 0 Å². The molecule has 0 bridgehead atoms. The summed E-state index contributed by atoms with van der Waals surface area (Å²) >= 11 is 0. The van der Waals surface area contributed by atoms with Crippen molar-refractivity contribution in [3.8, 4) is 0 Å². The average Bonchev–Trinajstić information content (AvgIpc) is 3.85. The molecule has 3 aliphatic heterocycles. The van der Waals surface area contributed by atoms with E-state index in [4.69, 9.17) is 13.6 Å². The summed E-state index contributed by atoms with van der Waals surface area (Å²) in [7, 11) is 0. The molecule has 67 heavy (non-hydrogen) atoms. The van der Waals surface area contributed by atoms with Crippen LogP contribution in [0.25, 0.3) is 43.7 Å². The van der Waals surface area contributed by atoms with Crippen molar-refractivity contribution in [3.05, 3.63) is 149 Å². The van der Waals surface area contributed by atoms with Crippen molar-refractivity contribution < 1.29 is 13.6 Å². The number of nitrogens with zero attached hydrogens (tertiary/aromatic N) is 2. The molecule has 0 radical (unpaired) electrons. The molecule has 7 aromatic carbocycles. The summed E-state index contributed by atoms with van der Waals surface area (Å²) in [6, 6.07) is 43.8. The van der Waals surface area contributed by atoms with Gasteiger partial charge < -0.3 is 23.4 Å². The van der Waals surface area contributed by atoms with E-state index in [2.05, 4.69) is 201 Å². The van der Waals surface area contributed by atoms with E-state index in [0.29, 0.717) is 12.5 Å². The third kappa shape index (κ3) is 5.72. The number of benzene rings is 7. The van der Waals surface area contributed by atoms with Gasteiger partial charge in [-0.2, -0.15) is 0 Å². The van der Waals surface area contributed by atoms with Gasteiger partial charge in [-0.1, -0.05) is 110 Å². The summed E-state index contributed by atoms with van der Waals surface area (Å²) in [6.07, 6.45) is 2.28. The molecule has 4 aliphatic rings. The predicted octanol–water partition coefficient (Wildman–Crippen LogP) is 14.9. The zero-order chi connectivity index (χ0) is 46.3. The van der Waals surface area contributed by atoms with Crippen LogP contribution in [0.5, 0.6) is 0 Å². The fraction of sp³-hybridized carbons (Fsp3) is 0.311. The largest absolute Gasteiger partial charge is 0.468 e. The van der Waals surface area contributed by atoms with E-state index in [0.717, 1.165) is 74.5 Å². The van der Waals surface area contributed by atoms with Crippen LogP contribution in [0.1, 0.15) is 121 Å². The first-order valence-electron chi connectivity index (χ1n) is 24.5. The van der Waals surface area contributed by atoms with Crippen molar-refractivity contribution in [2.45, 2.75) is 117 Å². The van der Waals surface area contributed by atoms with Gasteiger partial charge >= 0.3 is 0 Å². The molecule has 334 valence electrons. The van der Waals surface area contributed by atoms with E-state index in [9.17, 15) is 0 Å². The van der Waals surface area contributed by atoms with Crippen molar-refractivity contribution in [1.29, 1.82) is 0 Å². The van der Waals surface area contributed by atoms with Crippen LogP contribution in [0.2, 0.25) is 0 Å². The molecule has 1 aliphatic carbocycles. The van der Waals surface area contributed by atoms with Crippen LogP contribution >= 0.6 is 0 Å². The zero-order valence-electron chi connectivity index (χ0n) is 40.9. The standard InChI is InChI=1S/C61H59BN2O3/c1-34(2)36-19-22-47-49(28-36)64(48-18-14-17-40-41-27-37-15-12-13-16-38(37)29-52(41)66-56(40)48)51-26-35(3)25-50-54(51)62(47)57-55(42-31-44-45(32-53(42)67-57)59(6,7)24-23-58(44,4)5)63(50)39-20-21-43-46(30-39)61(10,11)65-33-60(43,8)9/h12-22,25-32,34H,23-24,33H2,1-11H3. The van der Waals surface area contributed by atoms with E-state index in [-0.39, 0.29) is 23.0 Å². The van der Waals surface area contributed by atoms with Crippen molar-refractivity contribution in [2.24, 2.45) is 0 Å². The highest BCUT2D eigenvalue weighted by atomic mass is 16.5. The first-order chi connectivity index (χ1) is 31.9. The number of ether oxygens (including phenoxy) is 1. The van der Waals surface area contributed by atoms with Crippen molar-refractivity contribution in [1.82, 2.24) is 0 Å². The molecule has 0 fully saturated rings. The van der Waals surface area contributed by atoms with Crippen LogP contribution < -0.4 is 26.4 Å². The quantitative estimate of drug-likeness (QED) is 0.165. The van der Waals surface area contributed by atoms with Gasteiger partial charge in [0.15, 0.2) is 5.58 Å². The maximum absolute atomic E-state index is 7.56. The normalized spacial score (nSPS) is 18.4. The smallest absolute Gasteiger partial charge is 0.297 e. The number of fused-ring (bicyclic) bond motifs is 12. The highest BCUT2D eigenvalue weighted by molar-refractivity contribution is 7.00. The summed E-state index contributed by atoms with van der Waals surface area (Å²) < 4.78 is 21.3.